The molecule has 0 unspecified atom stereocenters. The second kappa shape index (κ2) is 7.54. The molecule has 5 rings (SSSR count). The Morgan fingerprint density at radius 2 is 1.48 bits per heavy atom. The summed E-state index contributed by atoms with van der Waals surface area (Å²) < 4.78 is 0. The van der Waals surface area contributed by atoms with Crippen LogP contribution in [0.2, 0.25) is 5.02 Å². The standard InChI is InChI=1S/C24H17ClN2OS/c25-19-13-11-18(12-14-19)22-21(17-9-5-2-6-10-17)23(28)27-20(15-29-24(27)26-22)16-7-3-1-4-8-16/h1-15,21-22H/t21-,22+/m1/s1. The molecule has 2 aliphatic heterocycles. The van der Waals surface area contributed by atoms with Gasteiger partial charge in [0.25, 0.3) is 0 Å². The highest BCUT2D eigenvalue weighted by molar-refractivity contribution is 8.16. The number of nitrogens with zero attached hydrogens (tertiary/aromatic N) is 2. The Morgan fingerprint density at radius 1 is 0.828 bits per heavy atom. The topological polar surface area (TPSA) is 32.7 Å². The number of amides is 1. The Hall–Kier alpha value is -2.82. The molecule has 2 heterocycles. The van der Waals surface area contributed by atoms with Crippen LogP contribution in [0, 0.1) is 0 Å². The fourth-order valence-corrected chi connectivity index (χ4v) is 4.86. The van der Waals surface area contributed by atoms with Gasteiger partial charge in [0.15, 0.2) is 5.17 Å². The van der Waals surface area contributed by atoms with Crippen LogP contribution in [0.4, 0.5) is 0 Å². The number of fused-ring (bicyclic) bond motifs is 1. The van der Waals surface area contributed by atoms with Crippen molar-refractivity contribution in [1.29, 1.82) is 0 Å². The quantitative estimate of drug-likeness (QED) is 0.516. The predicted octanol–water partition coefficient (Wildman–Crippen LogP) is 6.11. The van der Waals surface area contributed by atoms with Gasteiger partial charge in [-0.25, -0.2) is 0 Å². The lowest BCUT2D eigenvalue weighted by molar-refractivity contribution is -0.127. The van der Waals surface area contributed by atoms with Crippen LogP contribution in [-0.2, 0) is 4.79 Å². The minimum atomic E-state index is -0.396. The van der Waals surface area contributed by atoms with Crippen molar-refractivity contribution in [3.8, 4) is 0 Å². The first kappa shape index (κ1) is 18.2. The summed E-state index contributed by atoms with van der Waals surface area (Å²) in [6, 6.07) is 27.2. The number of carbonyl (C=O) groups excluding carboxylic acids is 1. The third kappa shape index (κ3) is 3.28. The van der Waals surface area contributed by atoms with Gasteiger partial charge in [-0.1, -0.05) is 96.2 Å². The normalized spacial score (nSPS) is 20.9. The molecule has 0 aliphatic carbocycles. The van der Waals surface area contributed by atoms with E-state index in [4.69, 9.17) is 16.6 Å². The molecule has 1 amide bonds. The molecule has 142 valence electrons. The average Bonchev–Trinajstić information content (AvgIpc) is 3.20. The first-order valence-corrected chi connectivity index (χ1v) is 10.6. The van der Waals surface area contributed by atoms with Crippen LogP contribution in [-0.4, -0.2) is 16.0 Å². The van der Waals surface area contributed by atoms with Crippen molar-refractivity contribution in [3.05, 3.63) is 112 Å². The van der Waals surface area contributed by atoms with E-state index in [0.29, 0.717) is 5.02 Å². The van der Waals surface area contributed by atoms with Crippen LogP contribution in [0.15, 0.2) is 95.3 Å². The van der Waals surface area contributed by atoms with Crippen LogP contribution < -0.4 is 0 Å². The Kier molecular flexibility index (Phi) is 4.74. The van der Waals surface area contributed by atoms with Gasteiger partial charge in [0.1, 0.15) is 0 Å². The molecule has 0 saturated carbocycles. The van der Waals surface area contributed by atoms with Gasteiger partial charge in [-0.3, -0.25) is 14.7 Å². The van der Waals surface area contributed by atoms with E-state index in [1.54, 1.807) is 4.90 Å². The Morgan fingerprint density at radius 3 is 2.17 bits per heavy atom. The molecular formula is C24H17ClN2OS. The number of thioether (sulfide) groups is 1. The second-order valence-corrected chi connectivity index (χ2v) is 8.23. The number of rotatable bonds is 3. The molecule has 0 bridgehead atoms. The van der Waals surface area contributed by atoms with Crippen LogP contribution >= 0.6 is 23.4 Å². The van der Waals surface area contributed by atoms with Crippen LogP contribution in [0.1, 0.15) is 28.7 Å². The highest BCUT2D eigenvalue weighted by Gasteiger charge is 2.43. The molecular weight excluding hydrogens is 400 g/mol. The molecule has 5 heteroatoms. The van der Waals surface area contributed by atoms with Crippen LogP contribution in [0.25, 0.3) is 5.70 Å². The van der Waals surface area contributed by atoms with Gasteiger partial charge in [0.05, 0.1) is 17.7 Å². The van der Waals surface area contributed by atoms with Gasteiger partial charge < -0.3 is 0 Å². The Labute approximate surface area is 178 Å². The van der Waals surface area contributed by atoms with E-state index in [9.17, 15) is 4.79 Å². The fraction of sp³-hybridized carbons (Fsp3) is 0.0833. The molecule has 2 aliphatic rings. The average molecular weight is 417 g/mol. The molecule has 0 saturated heterocycles. The lowest BCUT2D eigenvalue weighted by Crippen LogP contribution is -2.41. The minimum absolute atomic E-state index is 0.0428. The van der Waals surface area contributed by atoms with Crippen molar-refractivity contribution >= 4 is 40.1 Å². The van der Waals surface area contributed by atoms with E-state index in [2.05, 4.69) is 0 Å². The molecule has 0 radical (unpaired) electrons. The van der Waals surface area contributed by atoms with Crippen LogP contribution in [0.3, 0.4) is 0 Å². The minimum Gasteiger partial charge on any atom is -0.273 e. The highest BCUT2D eigenvalue weighted by atomic mass is 35.5. The zero-order chi connectivity index (χ0) is 19.8. The zero-order valence-corrected chi connectivity index (χ0v) is 17.0. The monoisotopic (exact) mass is 416 g/mol. The second-order valence-electron chi connectivity index (χ2n) is 6.96. The molecule has 0 aromatic heterocycles. The molecule has 2 atom stereocenters. The van der Waals surface area contributed by atoms with Crippen molar-refractivity contribution in [2.24, 2.45) is 4.99 Å². The predicted molar refractivity (Wildman–Crippen MR) is 120 cm³/mol. The van der Waals surface area contributed by atoms with Crippen LogP contribution in [0.5, 0.6) is 0 Å². The SMILES string of the molecule is O=C1[C@H](c2ccccc2)[C@H](c2ccc(Cl)cc2)N=C2SC=C(c3ccccc3)N12. The maximum atomic E-state index is 13.8. The Balaban J connectivity index is 1.62. The molecule has 0 fully saturated rings. The zero-order valence-electron chi connectivity index (χ0n) is 15.4. The summed E-state index contributed by atoms with van der Waals surface area (Å²) in [6.45, 7) is 0. The maximum Gasteiger partial charge on any atom is 0.243 e. The lowest BCUT2D eigenvalue weighted by Gasteiger charge is -2.34. The molecule has 0 spiro atoms. The number of benzene rings is 3. The van der Waals surface area contributed by atoms with E-state index < -0.39 is 5.92 Å². The van der Waals surface area contributed by atoms with Crippen molar-refractivity contribution < 1.29 is 4.79 Å². The van der Waals surface area contributed by atoms with E-state index in [1.165, 1.54) is 11.8 Å². The van der Waals surface area contributed by atoms with Gasteiger partial charge in [0, 0.05) is 10.4 Å². The van der Waals surface area contributed by atoms with E-state index in [1.807, 2.05) is 90.3 Å². The molecule has 29 heavy (non-hydrogen) atoms. The number of carbonyl (C=O) groups is 1. The van der Waals surface area contributed by atoms with Crippen molar-refractivity contribution in [2.45, 2.75) is 12.0 Å². The van der Waals surface area contributed by atoms with Crippen molar-refractivity contribution in [3.63, 3.8) is 0 Å². The summed E-state index contributed by atoms with van der Waals surface area (Å²) in [4.78, 5) is 20.6. The Bertz CT molecular complexity index is 1110. The molecule has 3 aromatic rings. The van der Waals surface area contributed by atoms with Gasteiger partial charge >= 0.3 is 0 Å². The van der Waals surface area contributed by atoms with Crippen molar-refractivity contribution in [2.75, 3.05) is 0 Å². The van der Waals surface area contributed by atoms with Crippen molar-refractivity contribution in [1.82, 2.24) is 4.90 Å². The summed E-state index contributed by atoms with van der Waals surface area (Å²) in [6.07, 6.45) is 0. The molecule has 3 aromatic carbocycles. The summed E-state index contributed by atoms with van der Waals surface area (Å²) >= 11 is 7.58. The summed E-state index contributed by atoms with van der Waals surface area (Å²) in [5.41, 5.74) is 3.84. The number of halogens is 1. The summed E-state index contributed by atoms with van der Waals surface area (Å²) in [5.74, 6) is -0.354. The lowest BCUT2D eigenvalue weighted by atomic mass is 9.85. The van der Waals surface area contributed by atoms with Gasteiger partial charge in [-0.05, 0) is 28.8 Å². The molecule has 3 nitrogen and oxygen atoms in total. The summed E-state index contributed by atoms with van der Waals surface area (Å²) in [7, 11) is 0. The van der Waals surface area contributed by atoms with E-state index in [-0.39, 0.29) is 11.9 Å². The van der Waals surface area contributed by atoms with Gasteiger partial charge in [0.2, 0.25) is 5.91 Å². The highest BCUT2D eigenvalue weighted by Crippen LogP contribution is 2.46. The number of amidine groups is 1. The van der Waals surface area contributed by atoms with Gasteiger partial charge in [-0.15, -0.1) is 0 Å². The largest absolute Gasteiger partial charge is 0.273 e. The first-order chi connectivity index (χ1) is 14.2. The van der Waals surface area contributed by atoms with E-state index >= 15 is 0 Å². The third-order valence-corrected chi connectivity index (χ3v) is 6.29. The third-order valence-electron chi connectivity index (χ3n) is 5.20. The first-order valence-electron chi connectivity index (χ1n) is 9.37. The number of hydrogen-bond acceptors (Lipinski definition) is 3. The van der Waals surface area contributed by atoms with E-state index in [0.717, 1.165) is 27.6 Å². The fourth-order valence-electron chi connectivity index (χ4n) is 3.80. The van der Waals surface area contributed by atoms with Gasteiger partial charge in [-0.2, -0.15) is 0 Å². The molecule has 0 N–H and O–H groups in total. The summed E-state index contributed by atoms with van der Waals surface area (Å²) in [5, 5.41) is 3.41. The number of hydrogen-bond donors (Lipinski definition) is 0. The number of aliphatic imine (C=N–C) groups is 1. The smallest absolute Gasteiger partial charge is 0.243 e. The maximum absolute atomic E-state index is 13.8.